The first-order chi connectivity index (χ1) is 31.2. The van der Waals surface area contributed by atoms with Gasteiger partial charge in [0.1, 0.15) is 0 Å². The lowest BCUT2D eigenvalue weighted by Gasteiger charge is -2.28. The highest BCUT2D eigenvalue weighted by atomic mass is 15.2. The van der Waals surface area contributed by atoms with Gasteiger partial charge in [-0.25, -0.2) is 0 Å². The van der Waals surface area contributed by atoms with Crippen LogP contribution in [0.5, 0.6) is 0 Å². The van der Waals surface area contributed by atoms with Gasteiger partial charge in [-0.1, -0.05) is 164 Å². The molecule has 0 amide bonds. The smallest absolute Gasteiger partial charge is 0.0463 e. The molecule has 0 aliphatic rings. The predicted octanol–water partition coefficient (Wildman–Crippen LogP) is 17.1. The van der Waals surface area contributed by atoms with Crippen molar-refractivity contribution in [2.75, 3.05) is 14.7 Å². The molecule has 0 fully saturated rings. The highest BCUT2D eigenvalue weighted by Gasteiger charge is 2.17. The van der Waals surface area contributed by atoms with E-state index in [1.54, 1.807) is 0 Å². The summed E-state index contributed by atoms with van der Waals surface area (Å²) in [5, 5.41) is 0. The first-order valence-corrected chi connectivity index (χ1v) is 21.4. The van der Waals surface area contributed by atoms with Crippen molar-refractivity contribution in [3.05, 3.63) is 273 Å². The van der Waals surface area contributed by atoms with Gasteiger partial charge in [0.2, 0.25) is 0 Å². The summed E-state index contributed by atoms with van der Waals surface area (Å²) in [6, 6.07) is 97.1. The minimum Gasteiger partial charge on any atom is -0.311 e. The Labute approximate surface area is 370 Å². The molecular weight excluding hydrogens is 763 g/mol. The van der Waals surface area contributed by atoms with Crippen LogP contribution in [0.2, 0.25) is 0 Å². The standard InChI is InChI=1S/C60H45N3/c1-6-16-46(17-7-1)48-26-34-56(35-27-48)63(57-36-28-49(29-37-57)47-18-8-2-9-19-47)58-40-32-51(33-41-58)50-30-38-55(39-31-50)62(54-24-14-5-15-25-54)60-44-42-59(43-45-60)61(52-20-10-3-11-21-52)53-22-12-4-13-23-53/h1-45H. The third-order valence-electron chi connectivity index (χ3n) is 11.5. The van der Waals surface area contributed by atoms with E-state index in [1.807, 2.05) is 0 Å². The Morgan fingerprint density at radius 3 is 0.476 bits per heavy atom. The van der Waals surface area contributed by atoms with E-state index >= 15 is 0 Å². The van der Waals surface area contributed by atoms with Crippen molar-refractivity contribution < 1.29 is 0 Å². The van der Waals surface area contributed by atoms with Crippen molar-refractivity contribution in [1.82, 2.24) is 0 Å². The van der Waals surface area contributed by atoms with Crippen LogP contribution < -0.4 is 14.7 Å². The third kappa shape index (κ3) is 8.50. The van der Waals surface area contributed by atoms with Gasteiger partial charge >= 0.3 is 0 Å². The van der Waals surface area contributed by atoms with Crippen LogP contribution in [0.4, 0.5) is 51.2 Å². The van der Waals surface area contributed by atoms with Crippen LogP contribution in [-0.4, -0.2) is 0 Å². The number of hydrogen-bond donors (Lipinski definition) is 0. The first-order valence-electron chi connectivity index (χ1n) is 21.4. The molecule has 0 aliphatic heterocycles. The second kappa shape index (κ2) is 18.1. The van der Waals surface area contributed by atoms with E-state index in [2.05, 4.69) is 288 Å². The zero-order chi connectivity index (χ0) is 42.2. The lowest BCUT2D eigenvalue weighted by molar-refractivity contribution is 1.26. The average molecular weight is 808 g/mol. The number of rotatable bonds is 12. The minimum atomic E-state index is 1.08. The number of benzene rings is 10. The van der Waals surface area contributed by atoms with Gasteiger partial charge < -0.3 is 14.7 Å². The molecule has 10 aromatic rings. The first kappa shape index (κ1) is 38.8. The molecular formula is C60H45N3. The fraction of sp³-hybridized carbons (Fsp3) is 0. The zero-order valence-electron chi connectivity index (χ0n) is 34.8. The van der Waals surface area contributed by atoms with Gasteiger partial charge in [-0.05, 0) is 143 Å². The number of anilines is 9. The highest BCUT2D eigenvalue weighted by molar-refractivity contribution is 5.84. The van der Waals surface area contributed by atoms with Crippen LogP contribution in [0.15, 0.2) is 273 Å². The van der Waals surface area contributed by atoms with Gasteiger partial charge in [0.05, 0.1) is 0 Å². The third-order valence-corrected chi connectivity index (χ3v) is 11.5. The molecule has 0 saturated carbocycles. The van der Waals surface area contributed by atoms with Crippen molar-refractivity contribution in [2.45, 2.75) is 0 Å². The molecule has 0 heterocycles. The highest BCUT2D eigenvalue weighted by Crippen LogP contribution is 2.41. The monoisotopic (exact) mass is 807 g/mol. The molecule has 10 aromatic carbocycles. The van der Waals surface area contributed by atoms with E-state index in [0.29, 0.717) is 0 Å². The Morgan fingerprint density at radius 2 is 0.270 bits per heavy atom. The molecule has 0 spiro atoms. The van der Waals surface area contributed by atoms with E-state index in [9.17, 15) is 0 Å². The molecule has 0 atom stereocenters. The second-order valence-electron chi connectivity index (χ2n) is 15.4. The van der Waals surface area contributed by atoms with E-state index in [0.717, 1.165) is 62.3 Å². The fourth-order valence-electron chi connectivity index (χ4n) is 8.30. The molecule has 0 bridgehead atoms. The topological polar surface area (TPSA) is 9.72 Å². The maximum atomic E-state index is 2.33. The summed E-state index contributed by atoms with van der Waals surface area (Å²) in [6.45, 7) is 0. The lowest BCUT2D eigenvalue weighted by atomic mass is 10.0. The van der Waals surface area contributed by atoms with E-state index < -0.39 is 0 Å². The van der Waals surface area contributed by atoms with Crippen molar-refractivity contribution in [2.24, 2.45) is 0 Å². The Balaban J connectivity index is 0.945. The molecule has 0 saturated heterocycles. The summed E-state index contributed by atoms with van der Waals surface area (Å²) in [5.41, 5.74) is 17.0. The molecule has 10 rings (SSSR count). The van der Waals surface area contributed by atoms with E-state index in [4.69, 9.17) is 0 Å². The molecule has 300 valence electrons. The molecule has 0 N–H and O–H groups in total. The van der Waals surface area contributed by atoms with Gasteiger partial charge in [-0.3, -0.25) is 0 Å². The molecule has 63 heavy (non-hydrogen) atoms. The molecule has 0 unspecified atom stereocenters. The molecule has 0 aliphatic carbocycles. The van der Waals surface area contributed by atoms with Crippen molar-refractivity contribution >= 4 is 51.2 Å². The van der Waals surface area contributed by atoms with Crippen molar-refractivity contribution in [1.29, 1.82) is 0 Å². The van der Waals surface area contributed by atoms with Crippen LogP contribution in [0, 0.1) is 0 Å². The summed E-state index contributed by atoms with van der Waals surface area (Å²) in [4.78, 5) is 6.94. The Kier molecular flexibility index (Phi) is 11.1. The van der Waals surface area contributed by atoms with Crippen LogP contribution in [0.25, 0.3) is 33.4 Å². The lowest BCUT2D eigenvalue weighted by Crippen LogP contribution is -2.12. The fourth-order valence-corrected chi connectivity index (χ4v) is 8.30. The number of hydrogen-bond acceptors (Lipinski definition) is 3. The summed E-state index contributed by atoms with van der Waals surface area (Å²) >= 11 is 0. The summed E-state index contributed by atoms with van der Waals surface area (Å²) in [5.74, 6) is 0. The van der Waals surface area contributed by atoms with Gasteiger partial charge in [0.25, 0.3) is 0 Å². The van der Waals surface area contributed by atoms with Gasteiger partial charge in [0.15, 0.2) is 0 Å². The molecule has 3 heteroatoms. The minimum absolute atomic E-state index is 1.08. The van der Waals surface area contributed by atoms with Crippen molar-refractivity contribution in [3.63, 3.8) is 0 Å². The Bertz CT molecular complexity index is 2850. The van der Waals surface area contributed by atoms with Crippen molar-refractivity contribution in [3.8, 4) is 33.4 Å². The maximum Gasteiger partial charge on any atom is 0.0463 e. The van der Waals surface area contributed by atoms with Gasteiger partial charge in [0, 0.05) is 51.2 Å². The maximum absolute atomic E-state index is 2.33. The van der Waals surface area contributed by atoms with Crippen LogP contribution in [0.1, 0.15) is 0 Å². The van der Waals surface area contributed by atoms with E-state index in [1.165, 1.54) is 22.3 Å². The molecule has 0 radical (unpaired) electrons. The van der Waals surface area contributed by atoms with Gasteiger partial charge in [-0.15, -0.1) is 0 Å². The number of para-hydroxylation sites is 3. The summed E-state index contributed by atoms with van der Waals surface area (Å²) < 4.78 is 0. The number of nitrogens with zero attached hydrogens (tertiary/aromatic N) is 3. The molecule has 0 aromatic heterocycles. The Hall–Kier alpha value is -8.40. The summed E-state index contributed by atoms with van der Waals surface area (Å²) in [6.07, 6.45) is 0. The van der Waals surface area contributed by atoms with Gasteiger partial charge in [-0.2, -0.15) is 0 Å². The van der Waals surface area contributed by atoms with E-state index in [-0.39, 0.29) is 0 Å². The largest absolute Gasteiger partial charge is 0.311 e. The van der Waals surface area contributed by atoms with Crippen LogP contribution >= 0.6 is 0 Å². The average Bonchev–Trinajstić information content (AvgIpc) is 3.37. The normalized spacial score (nSPS) is 10.9. The second-order valence-corrected chi connectivity index (χ2v) is 15.4. The quantitative estimate of drug-likeness (QED) is 0.122. The Morgan fingerprint density at radius 1 is 0.127 bits per heavy atom. The summed E-state index contributed by atoms with van der Waals surface area (Å²) in [7, 11) is 0. The van der Waals surface area contributed by atoms with Crippen LogP contribution in [0.3, 0.4) is 0 Å². The zero-order valence-corrected chi connectivity index (χ0v) is 34.8. The predicted molar refractivity (Wildman–Crippen MR) is 267 cm³/mol. The SMILES string of the molecule is c1ccc(-c2ccc(N(c3ccc(-c4ccccc4)cc3)c3ccc(-c4ccc(N(c5ccccc5)c5ccc(N(c6ccccc6)c6ccccc6)cc5)cc4)cc3)cc2)cc1. The van der Waals surface area contributed by atoms with Crippen LogP contribution in [-0.2, 0) is 0 Å². The molecule has 3 nitrogen and oxygen atoms in total.